The van der Waals surface area contributed by atoms with Crippen LogP contribution in [0.3, 0.4) is 0 Å². The smallest absolute Gasteiger partial charge is 0.309 e. The fourth-order valence-electron chi connectivity index (χ4n) is 1.75. The molecule has 14 heavy (non-hydrogen) atoms. The van der Waals surface area contributed by atoms with Gasteiger partial charge in [0.1, 0.15) is 0 Å². The number of ether oxygens (including phenoxy) is 1. The Morgan fingerprint density at radius 1 is 1.57 bits per heavy atom. The van der Waals surface area contributed by atoms with Crippen LogP contribution in [0.4, 0.5) is 0 Å². The Labute approximate surface area is 85.7 Å². The third-order valence-corrected chi connectivity index (χ3v) is 2.70. The van der Waals surface area contributed by atoms with E-state index in [-0.39, 0.29) is 5.97 Å². The standard InChI is InChI=1S/C11H19NO2/c1-12-9-4-3-6-10(12)7-5-8-11(13)14-2/h5,7,10H,3-4,6,8-9H2,1-2H3/b7-5-. The number of hydrogen-bond acceptors (Lipinski definition) is 3. The molecule has 1 heterocycles. The number of carbonyl (C=O) groups is 1. The highest BCUT2D eigenvalue weighted by atomic mass is 16.5. The van der Waals surface area contributed by atoms with Gasteiger partial charge in [-0.15, -0.1) is 0 Å². The normalized spacial score (nSPS) is 24.0. The van der Waals surface area contributed by atoms with E-state index in [9.17, 15) is 4.79 Å². The fraction of sp³-hybridized carbons (Fsp3) is 0.727. The van der Waals surface area contributed by atoms with Gasteiger partial charge in [0.15, 0.2) is 0 Å². The van der Waals surface area contributed by atoms with Gasteiger partial charge in [0.25, 0.3) is 0 Å². The zero-order chi connectivity index (χ0) is 10.4. The zero-order valence-electron chi connectivity index (χ0n) is 9.03. The Bertz CT molecular complexity index is 213. The molecule has 0 aromatic carbocycles. The number of methoxy groups -OCH3 is 1. The van der Waals surface area contributed by atoms with E-state index in [4.69, 9.17) is 0 Å². The van der Waals surface area contributed by atoms with Gasteiger partial charge in [-0.2, -0.15) is 0 Å². The summed E-state index contributed by atoms with van der Waals surface area (Å²) < 4.78 is 4.56. The van der Waals surface area contributed by atoms with Crippen LogP contribution in [0.2, 0.25) is 0 Å². The summed E-state index contributed by atoms with van der Waals surface area (Å²) >= 11 is 0. The van der Waals surface area contributed by atoms with Crippen molar-refractivity contribution in [1.82, 2.24) is 4.90 Å². The van der Waals surface area contributed by atoms with Crippen LogP contribution < -0.4 is 0 Å². The van der Waals surface area contributed by atoms with E-state index in [1.807, 2.05) is 6.08 Å². The first-order valence-corrected chi connectivity index (χ1v) is 5.17. The molecule has 1 rings (SSSR count). The van der Waals surface area contributed by atoms with Crippen molar-refractivity contribution in [1.29, 1.82) is 0 Å². The van der Waals surface area contributed by atoms with E-state index in [1.165, 1.54) is 26.4 Å². The zero-order valence-corrected chi connectivity index (χ0v) is 9.03. The molecule has 0 saturated carbocycles. The molecule has 3 nitrogen and oxygen atoms in total. The largest absolute Gasteiger partial charge is 0.469 e. The molecule has 1 fully saturated rings. The average Bonchev–Trinajstić information content (AvgIpc) is 2.20. The van der Waals surface area contributed by atoms with E-state index in [0.29, 0.717) is 12.5 Å². The Hall–Kier alpha value is -0.830. The van der Waals surface area contributed by atoms with E-state index >= 15 is 0 Å². The van der Waals surface area contributed by atoms with Crippen LogP contribution in [0.15, 0.2) is 12.2 Å². The summed E-state index contributed by atoms with van der Waals surface area (Å²) in [4.78, 5) is 13.2. The molecular formula is C11H19NO2. The third-order valence-electron chi connectivity index (χ3n) is 2.70. The highest BCUT2D eigenvalue weighted by Gasteiger charge is 2.15. The molecule has 80 valence electrons. The molecule has 1 aliphatic rings. The summed E-state index contributed by atoms with van der Waals surface area (Å²) in [5.74, 6) is -0.167. The van der Waals surface area contributed by atoms with Gasteiger partial charge >= 0.3 is 5.97 Å². The van der Waals surface area contributed by atoms with Crippen molar-refractivity contribution in [2.75, 3.05) is 20.7 Å². The second-order valence-corrected chi connectivity index (χ2v) is 3.75. The Balaban J connectivity index is 2.30. The van der Waals surface area contributed by atoms with Crippen LogP contribution in [0.25, 0.3) is 0 Å². The quantitative estimate of drug-likeness (QED) is 0.508. The lowest BCUT2D eigenvalue weighted by molar-refractivity contribution is -0.139. The number of likely N-dealkylation sites (N-methyl/N-ethyl adjacent to an activating group) is 1. The van der Waals surface area contributed by atoms with Crippen molar-refractivity contribution in [2.24, 2.45) is 0 Å². The van der Waals surface area contributed by atoms with Gasteiger partial charge in [-0.25, -0.2) is 0 Å². The monoisotopic (exact) mass is 197 g/mol. The van der Waals surface area contributed by atoms with Gasteiger partial charge < -0.3 is 4.74 Å². The molecule has 0 amide bonds. The molecule has 0 N–H and O–H groups in total. The van der Waals surface area contributed by atoms with Crippen LogP contribution in [0, 0.1) is 0 Å². The third kappa shape index (κ3) is 3.50. The second-order valence-electron chi connectivity index (χ2n) is 3.75. The predicted molar refractivity (Wildman–Crippen MR) is 56.0 cm³/mol. The molecular weight excluding hydrogens is 178 g/mol. The van der Waals surface area contributed by atoms with Crippen molar-refractivity contribution in [2.45, 2.75) is 31.7 Å². The van der Waals surface area contributed by atoms with Gasteiger partial charge in [0.2, 0.25) is 0 Å². The van der Waals surface area contributed by atoms with Crippen molar-refractivity contribution in [3.05, 3.63) is 12.2 Å². The lowest BCUT2D eigenvalue weighted by atomic mass is 10.0. The molecule has 0 aromatic rings. The SMILES string of the molecule is COC(=O)C/C=C\C1CCCCN1C. The van der Waals surface area contributed by atoms with Gasteiger partial charge in [-0.05, 0) is 26.4 Å². The summed E-state index contributed by atoms with van der Waals surface area (Å²) in [6, 6.07) is 0.508. The van der Waals surface area contributed by atoms with Crippen molar-refractivity contribution < 1.29 is 9.53 Å². The number of piperidine rings is 1. The van der Waals surface area contributed by atoms with Crippen LogP contribution in [0.1, 0.15) is 25.7 Å². The van der Waals surface area contributed by atoms with Gasteiger partial charge in [-0.1, -0.05) is 18.6 Å². The van der Waals surface area contributed by atoms with Gasteiger partial charge in [0, 0.05) is 6.04 Å². The number of esters is 1. The average molecular weight is 197 g/mol. The lowest BCUT2D eigenvalue weighted by Gasteiger charge is -2.30. The number of carbonyl (C=O) groups excluding carboxylic acids is 1. The molecule has 0 aliphatic carbocycles. The van der Waals surface area contributed by atoms with E-state index in [1.54, 1.807) is 0 Å². The Kier molecular flexibility index (Phi) is 4.66. The number of hydrogen-bond donors (Lipinski definition) is 0. The molecule has 0 spiro atoms. The maximum Gasteiger partial charge on any atom is 0.309 e. The second kappa shape index (κ2) is 5.81. The van der Waals surface area contributed by atoms with Crippen molar-refractivity contribution in [3.8, 4) is 0 Å². The first kappa shape index (κ1) is 11.2. The first-order chi connectivity index (χ1) is 6.74. The topological polar surface area (TPSA) is 29.5 Å². The highest BCUT2D eigenvalue weighted by molar-refractivity contribution is 5.70. The van der Waals surface area contributed by atoms with E-state index < -0.39 is 0 Å². The highest BCUT2D eigenvalue weighted by Crippen LogP contribution is 2.15. The maximum absolute atomic E-state index is 10.8. The molecule has 0 radical (unpaired) electrons. The fourth-order valence-corrected chi connectivity index (χ4v) is 1.75. The van der Waals surface area contributed by atoms with Crippen LogP contribution in [-0.2, 0) is 9.53 Å². The van der Waals surface area contributed by atoms with Crippen molar-refractivity contribution >= 4 is 5.97 Å². The summed E-state index contributed by atoms with van der Waals surface area (Å²) in [6.07, 6.45) is 8.21. The number of likely N-dealkylation sites (tertiary alicyclic amines) is 1. The Morgan fingerprint density at radius 3 is 3.00 bits per heavy atom. The molecule has 0 aromatic heterocycles. The van der Waals surface area contributed by atoms with E-state index in [2.05, 4.69) is 22.8 Å². The summed E-state index contributed by atoms with van der Waals surface area (Å²) in [6.45, 7) is 1.16. The molecule has 1 unspecified atom stereocenters. The molecule has 1 saturated heterocycles. The first-order valence-electron chi connectivity index (χ1n) is 5.17. The predicted octanol–water partition coefficient (Wildman–Crippen LogP) is 1.59. The van der Waals surface area contributed by atoms with Gasteiger partial charge in [0.05, 0.1) is 13.5 Å². The van der Waals surface area contributed by atoms with Crippen LogP contribution in [0.5, 0.6) is 0 Å². The minimum Gasteiger partial charge on any atom is -0.469 e. The van der Waals surface area contributed by atoms with Crippen LogP contribution in [-0.4, -0.2) is 37.6 Å². The van der Waals surface area contributed by atoms with Crippen molar-refractivity contribution in [3.63, 3.8) is 0 Å². The minimum atomic E-state index is -0.167. The summed E-state index contributed by atoms with van der Waals surface area (Å²) in [5, 5.41) is 0. The molecule has 0 bridgehead atoms. The molecule has 1 atom stereocenters. The van der Waals surface area contributed by atoms with Gasteiger partial charge in [-0.3, -0.25) is 9.69 Å². The summed E-state index contributed by atoms with van der Waals surface area (Å²) in [5.41, 5.74) is 0. The molecule has 3 heteroatoms. The number of rotatable bonds is 3. The van der Waals surface area contributed by atoms with Crippen LogP contribution >= 0.6 is 0 Å². The maximum atomic E-state index is 10.8. The van der Waals surface area contributed by atoms with E-state index in [0.717, 1.165) is 6.54 Å². The minimum absolute atomic E-state index is 0.167. The molecule has 1 aliphatic heterocycles. The summed E-state index contributed by atoms with van der Waals surface area (Å²) in [7, 11) is 3.55. The number of nitrogens with zero attached hydrogens (tertiary/aromatic N) is 1. The Morgan fingerprint density at radius 2 is 2.36 bits per heavy atom. The lowest BCUT2D eigenvalue weighted by Crippen LogP contribution is -2.34.